The highest BCUT2D eigenvalue weighted by molar-refractivity contribution is 7.47. The van der Waals surface area contributed by atoms with Gasteiger partial charge in [0, 0.05) is 25.7 Å². The molecule has 0 aromatic rings. The molecule has 0 radical (unpaired) electrons. The van der Waals surface area contributed by atoms with E-state index in [1.54, 1.807) is 0 Å². The second-order valence-corrected chi connectivity index (χ2v) is 35.9. The summed E-state index contributed by atoms with van der Waals surface area (Å²) in [5.41, 5.74) is 0. The summed E-state index contributed by atoms with van der Waals surface area (Å²) in [5, 5.41) is 10.7. The maximum Gasteiger partial charge on any atom is 0.472 e. The number of rotatable bonds is 84. The van der Waals surface area contributed by atoms with Gasteiger partial charge in [-0.05, 0) is 49.4 Å². The Labute approximate surface area is 651 Å². The fourth-order valence-electron chi connectivity index (χ4n) is 13.5. The molecule has 17 nitrogen and oxygen atoms in total. The molecular weight excluding hydrogens is 1380 g/mol. The van der Waals surface area contributed by atoms with E-state index in [-0.39, 0.29) is 25.7 Å². The Hall–Kier alpha value is -1.94. The van der Waals surface area contributed by atoms with Crippen LogP contribution in [-0.4, -0.2) is 96.7 Å². The van der Waals surface area contributed by atoms with Crippen molar-refractivity contribution in [2.75, 3.05) is 39.6 Å². The zero-order chi connectivity index (χ0) is 78.1. The number of ether oxygens (including phenoxy) is 4. The van der Waals surface area contributed by atoms with E-state index >= 15 is 0 Å². The zero-order valence-corrected chi connectivity index (χ0v) is 71.9. The molecule has 0 saturated carbocycles. The minimum absolute atomic E-state index is 0.107. The highest BCUT2D eigenvalue weighted by Gasteiger charge is 2.31. The summed E-state index contributed by atoms with van der Waals surface area (Å²) in [5.74, 6) is 1.05. The SMILES string of the molecule is CCC(C)CCCCCCCCC(=O)OC[C@H](COP(=O)(O)OC[C@H](O)COP(=O)(O)OC[C@@H](COC(=O)CCCCCCCCCCCCCCCCCCC(C)C)OC(=O)CCCCCCCCCCCCCCCCCC(C)C)OC(=O)CCCCCCCCCCCCCCCCCCC(C)C. The highest BCUT2D eigenvalue weighted by Crippen LogP contribution is 2.45. The van der Waals surface area contributed by atoms with Gasteiger partial charge in [0.1, 0.15) is 19.3 Å². The molecule has 19 heteroatoms. The molecule has 0 aliphatic carbocycles. The summed E-state index contributed by atoms with van der Waals surface area (Å²) >= 11 is 0. The van der Waals surface area contributed by atoms with Gasteiger partial charge in [0.2, 0.25) is 0 Å². The molecule has 0 spiro atoms. The summed E-state index contributed by atoms with van der Waals surface area (Å²) < 4.78 is 68.9. The monoisotopic (exact) mass is 1550 g/mol. The number of unbranched alkanes of at least 4 members (excludes halogenated alkanes) is 49. The number of carbonyl (C=O) groups is 4. The van der Waals surface area contributed by atoms with Crippen molar-refractivity contribution < 1.29 is 80.2 Å². The molecule has 0 bridgehead atoms. The molecule has 0 heterocycles. The van der Waals surface area contributed by atoms with Crippen molar-refractivity contribution in [3.05, 3.63) is 0 Å². The molecule has 0 amide bonds. The molecule has 0 rings (SSSR count). The molecule has 0 saturated heterocycles. The smallest absolute Gasteiger partial charge is 0.462 e. The number of hydrogen-bond acceptors (Lipinski definition) is 15. The summed E-state index contributed by atoms with van der Waals surface area (Å²) in [6.07, 6.45) is 65.3. The van der Waals surface area contributed by atoms with Gasteiger partial charge in [-0.1, -0.05) is 402 Å². The van der Waals surface area contributed by atoms with Gasteiger partial charge in [-0.2, -0.15) is 0 Å². The third-order valence-electron chi connectivity index (χ3n) is 20.7. The number of hydrogen-bond donors (Lipinski definition) is 3. The number of aliphatic hydroxyl groups is 1. The van der Waals surface area contributed by atoms with E-state index in [1.807, 2.05) is 0 Å². The van der Waals surface area contributed by atoms with Crippen LogP contribution in [0.15, 0.2) is 0 Å². The number of aliphatic hydroxyl groups excluding tert-OH is 1. The minimum Gasteiger partial charge on any atom is -0.462 e. The van der Waals surface area contributed by atoms with Gasteiger partial charge in [-0.15, -0.1) is 0 Å². The predicted octanol–water partition coefficient (Wildman–Crippen LogP) is 26.3. The van der Waals surface area contributed by atoms with Crippen molar-refractivity contribution in [3.8, 4) is 0 Å². The van der Waals surface area contributed by atoms with E-state index < -0.39 is 97.5 Å². The van der Waals surface area contributed by atoms with Crippen LogP contribution < -0.4 is 0 Å². The van der Waals surface area contributed by atoms with E-state index in [9.17, 15) is 43.2 Å². The number of carbonyl (C=O) groups excluding carboxylic acids is 4. The van der Waals surface area contributed by atoms with E-state index in [0.717, 1.165) is 120 Å². The highest BCUT2D eigenvalue weighted by atomic mass is 31.2. The lowest BCUT2D eigenvalue weighted by Gasteiger charge is -2.21. The van der Waals surface area contributed by atoms with Crippen LogP contribution in [0.3, 0.4) is 0 Å². The van der Waals surface area contributed by atoms with Gasteiger partial charge in [0.15, 0.2) is 12.2 Å². The number of esters is 4. The van der Waals surface area contributed by atoms with Crippen LogP contribution in [0.1, 0.15) is 453 Å². The maximum atomic E-state index is 13.2. The van der Waals surface area contributed by atoms with E-state index in [4.69, 9.17) is 37.0 Å². The van der Waals surface area contributed by atoms with E-state index in [0.29, 0.717) is 25.7 Å². The van der Waals surface area contributed by atoms with Gasteiger partial charge in [0.25, 0.3) is 0 Å². The first-order valence-electron chi connectivity index (χ1n) is 44.7. The van der Waals surface area contributed by atoms with Crippen molar-refractivity contribution in [1.29, 1.82) is 0 Å². The fourth-order valence-corrected chi connectivity index (χ4v) is 15.0. The topological polar surface area (TPSA) is 237 Å². The lowest BCUT2D eigenvalue weighted by molar-refractivity contribution is -0.161. The fraction of sp³-hybridized carbons (Fsp3) is 0.954. The second-order valence-electron chi connectivity index (χ2n) is 33.0. The Morgan fingerprint density at radius 1 is 0.264 bits per heavy atom. The first kappa shape index (κ1) is 104. The van der Waals surface area contributed by atoms with Crippen LogP contribution in [0.25, 0.3) is 0 Å². The first-order chi connectivity index (χ1) is 51.1. The summed E-state index contributed by atoms with van der Waals surface area (Å²) in [6, 6.07) is 0. The molecular formula is C87H170O17P2. The zero-order valence-electron chi connectivity index (χ0n) is 70.1. The Balaban J connectivity index is 5.23. The minimum atomic E-state index is -4.97. The summed E-state index contributed by atoms with van der Waals surface area (Å²) in [7, 11) is -9.93. The Kier molecular flexibility index (Phi) is 74.3. The molecule has 0 fully saturated rings. The van der Waals surface area contributed by atoms with Crippen LogP contribution >= 0.6 is 15.6 Å². The standard InChI is InChI=1S/C87H170O17P2/c1-9-80(8)66-58-50-45-46-52-60-68-85(90)98-74-83(104-87(92)70-61-53-43-37-31-25-19-13-11-16-22-28-34-40-48-56-64-78(4)5)76-102-106(95,96)100-72-81(88)71-99-105(93,94)101-75-82(103-86(91)69-62-54-44-38-32-26-20-14-17-23-29-35-41-49-57-65-79(6)7)73-97-84(89)67-59-51-42-36-30-24-18-12-10-15-21-27-33-39-47-55-63-77(2)3/h77-83,88H,9-76H2,1-8H3,(H,93,94)(H,95,96)/t80?,81-,82-,83-/m1/s1. The largest absolute Gasteiger partial charge is 0.472 e. The van der Waals surface area contributed by atoms with E-state index in [2.05, 4.69) is 55.4 Å². The summed E-state index contributed by atoms with van der Waals surface area (Å²) in [6.45, 7) is 14.3. The molecule has 630 valence electrons. The van der Waals surface area contributed by atoms with Gasteiger partial charge in [-0.3, -0.25) is 37.3 Å². The average Bonchev–Trinajstić information content (AvgIpc) is 0.894. The lowest BCUT2D eigenvalue weighted by Crippen LogP contribution is -2.30. The summed E-state index contributed by atoms with van der Waals surface area (Å²) in [4.78, 5) is 73.3. The third-order valence-corrected chi connectivity index (χ3v) is 22.6. The van der Waals surface area contributed by atoms with Crippen LogP contribution in [0.4, 0.5) is 0 Å². The molecule has 6 atom stereocenters. The molecule has 3 N–H and O–H groups in total. The van der Waals surface area contributed by atoms with Crippen LogP contribution in [0.5, 0.6) is 0 Å². The number of phosphoric acid groups is 2. The maximum absolute atomic E-state index is 13.2. The Morgan fingerprint density at radius 2 is 0.453 bits per heavy atom. The molecule has 0 aromatic heterocycles. The van der Waals surface area contributed by atoms with Crippen LogP contribution in [0, 0.1) is 23.7 Å². The van der Waals surface area contributed by atoms with E-state index in [1.165, 1.54) is 250 Å². The van der Waals surface area contributed by atoms with Gasteiger partial charge in [0.05, 0.1) is 26.4 Å². The van der Waals surface area contributed by atoms with Crippen molar-refractivity contribution >= 4 is 39.5 Å². The molecule has 0 aliphatic rings. The lowest BCUT2D eigenvalue weighted by atomic mass is 10.00. The number of phosphoric ester groups is 2. The van der Waals surface area contributed by atoms with Gasteiger partial charge >= 0.3 is 39.5 Å². The van der Waals surface area contributed by atoms with Gasteiger partial charge in [-0.25, -0.2) is 9.13 Å². The second kappa shape index (κ2) is 75.7. The van der Waals surface area contributed by atoms with Gasteiger partial charge < -0.3 is 33.8 Å². The first-order valence-corrected chi connectivity index (χ1v) is 47.7. The quantitative estimate of drug-likeness (QED) is 0.0222. The average molecular weight is 1550 g/mol. The van der Waals surface area contributed by atoms with Crippen molar-refractivity contribution in [3.63, 3.8) is 0 Å². The molecule has 3 unspecified atom stereocenters. The van der Waals surface area contributed by atoms with Crippen molar-refractivity contribution in [1.82, 2.24) is 0 Å². The third kappa shape index (κ3) is 78.7. The predicted molar refractivity (Wildman–Crippen MR) is 437 cm³/mol. The molecule has 0 aliphatic heterocycles. The van der Waals surface area contributed by atoms with Crippen LogP contribution in [-0.2, 0) is 65.4 Å². The van der Waals surface area contributed by atoms with Crippen molar-refractivity contribution in [2.24, 2.45) is 23.7 Å². The normalized spacial score (nSPS) is 14.2. The molecule has 106 heavy (non-hydrogen) atoms. The molecule has 0 aromatic carbocycles. The van der Waals surface area contributed by atoms with Crippen molar-refractivity contribution in [2.45, 2.75) is 472 Å². The van der Waals surface area contributed by atoms with Crippen LogP contribution in [0.2, 0.25) is 0 Å². The Morgan fingerprint density at radius 3 is 0.670 bits per heavy atom. The Bertz CT molecular complexity index is 2060.